The van der Waals surface area contributed by atoms with Gasteiger partial charge in [0.1, 0.15) is 0 Å². The zero-order chi connectivity index (χ0) is 13.4. The van der Waals surface area contributed by atoms with Crippen LogP contribution in [0.25, 0.3) is 10.1 Å². The van der Waals surface area contributed by atoms with E-state index in [1.807, 2.05) is 12.1 Å². The van der Waals surface area contributed by atoms with Crippen molar-refractivity contribution in [3.05, 3.63) is 34.2 Å². The Labute approximate surface area is 122 Å². The molecule has 1 aromatic heterocycles. The minimum Gasteiger partial charge on any atom is -0.395 e. The molecule has 1 fully saturated rings. The summed E-state index contributed by atoms with van der Waals surface area (Å²) in [6.07, 6.45) is 1.16. The van der Waals surface area contributed by atoms with Gasteiger partial charge in [0.15, 0.2) is 0 Å². The fourth-order valence-corrected chi connectivity index (χ4v) is 4.45. The van der Waals surface area contributed by atoms with Crippen LogP contribution in [0.4, 0.5) is 0 Å². The molecule has 1 N–H and O–H groups in total. The molecule has 1 aliphatic heterocycles. The van der Waals surface area contributed by atoms with Crippen molar-refractivity contribution in [2.45, 2.75) is 25.9 Å². The molecule has 0 saturated carbocycles. The van der Waals surface area contributed by atoms with E-state index in [4.69, 9.17) is 11.6 Å². The lowest BCUT2D eigenvalue weighted by atomic mass is 10.0. The standard InChI is InChI=1S/C15H18ClNOS/c1-10-6-7-17(12(10)9-18)8-14-15(16)11-4-2-3-5-13(11)19-14/h2-5,10,12,18H,6-9H2,1H3. The third kappa shape index (κ3) is 2.40. The normalized spacial score (nSPS) is 24.4. The number of likely N-dealkylation sites (tertiary alicyclic amines) is 1. The van der Waals surface area contributed by atoms with E-state index in [1.54, 1.807) is 11.3 Å². The second-order valence-electron chi connectivity index (χ2n) is 5.32. The van der Waals surface area contributed by atoms with Crippen LogP contribution in [-0.4, -0.2) is 29.2 Å². The molecule has 0 radical (unpaired) electrons. The number of benzene rings is 1. The minimum atomic E-state index is 0.240. The van der Waals surface area contributed by atoms with Crippen LogP contribution in [0.15, 0.2) is 24.3 Å². The molecule has 2 unspecified atom stereocenters. The third-order valence-electron chi connectivity index (χ3n) is 4.13. The van der Waals surface area contributed by atoms with E-state index >= 15 is 0 Å². The van der Waals surface area contributed by atoms with Gasteiger partial charge in [-0.2, -0.15) is 0 Å². The molecule has 1 saturated heterocycles. The van der Waals surface area contributed by atoms with Crippen LogP contribution < -0.4 is 0 Å². The first-order valence-corrected chi connectivity index (χ1v) is 7.91. The first-order chi connectivity index (χ1) is 9.20. The van der Waals surface area contributed by atoms with Crippen molar-refractivity contribution in [2.75, 3.05) is 13.2 Å². The molecule has 1 aliphatic rings. The van der Waals surface area contributed by atoms with E-state index in [0.717, 1.165) is 29.9 Å². The Kier molecular flexibility index (Phi) is 3.81. The van der Waals surface area contributed by atoms with Crippen molar-refractivity contribution in [1.82, 2.24) is 4.90 Å². The van der Waals surface area contributed by atoms with Gasteiger partial charge in [-0.3, -0.25) is 4.90 Å². The van der Waals surface area contributed by atoms with Crippen LogP contribution >= 0.6 is 22.9 Å². The highest BCUT2D eigenvalue weighted by Crippen LogP contribution is 2.37. The Morgan fingerprint density at radius 1 is 1.42 bits per heavy atom. The average Bonchev–Trinajstić information content (AvgIpc) is 2.92. The first-order valence-electron chi connectivity index (χ1n) is 6.71. The van der Waals surface area contributed by atoms with Crippen molar-refractivity contribution in [3.63, 3.8) is 0 Å². The van der Waals surface area contributed by atoms with Gasteiger partial charge in [-0.15, -0.1) is 11.3 Å². The molecule has 0 spiro atoms. The molecular weight excluding hydrogens is 278 g/mol. The molecule has 2 nitrogen and oxygen atoms in total. The lowest BCUT2D eigenvalue weighted by Crippen LogP contribution is -2.34. The van der Waals surface area contributed by atoms with E-state index < -0.39 is 0 Å². The van der Waals surface area contributed by atoms with Crippen molar-refractivity contribution >= 4 is 33.0 Å². The van der Waals surface area contributed by atoms with Gasteiger partial charge in [0.25, 0.3) is 0 Å². The molecule has 2 heterocycles. The zero-order valence-electron chi connectivity index (χ0n) is 11.0. The quantitative estimate of drug-likeness (QED) is 0.932. The Morgan fingerprint density at radius 2 is 2.21 bits per heavy atom. The van der Waals surface area contributed by atoms with Gasteiger partial charge in [0.2, 0.25) is 0 Å². The number of aliphatic hydroxyl groups excluding tert-OH is 1. The molecule has 2 atom stereocenters. The van der Waals surface area contributed by atoms with E-state index in [1.165, 1.54) is 9.58 Å². The van der Waals surface area contributed by atoms with Crippen LogP contribution in [0.1, 0.15) is 18.2 Å². The van der Waals surface area contributed by atoms with Crippen LogP contribution in [0.3, 0.4) is 0 Å². The van der Waals surface area contributed by atoms with Crippen molar-refractivity contribution in [2.24, 2.45) is 5.92 Å². The Balaban J connectivity index is 1.87. The summed E-state index contributed by atoms with van der Waals surface area (Å²) in [7, 11) is 0. The van der Waals surface area contributed by atoms with Gasteiger partial charge in [-0.25, -0.2) is 0 Å². The number of halogens is 1. The van der Waals surface area contributed by atoms with Crippen LogP contribution in [0, 0.1) is 5.92 Å². The second kappa shape index (κ2) is 5.41. The van der Waals surface area contributed by atoms with Gasteiger partial charge in [-0.05, 0) is 24.9 Å². The van der Waals surface area contributed by atoms with Crippen LogP contribution in [0.2, 0.25) is 5.02 Å². The van der Waals surface area contributed by atoms with E-state index in [0.29, 0.717) is 5.92 Å². The highest BCUT2D eigenvalue weighted by Gasteiger charge is 2.31. The number of aliphatic hydroxyl groups is 1. The lowest BCUT2D eigenvalue weighted by molar-refractivity contribution is 0.135. The first kappa shape index (κ1) is 13.4. The van der Waals surface area contributed by atoms with E-state index in [9.17, 15) is 5.11 Å². The molecule has 1 aromatic carbocycles. The number of hydrogen-bond donors (Lipinski definition) is 1. The zero-order valence-corrected chi connectivity index (χ0v) is 12.5. The van der Waals surface area contributed by atoms with Crippen molar-refractivity contribution in [1.29, 1.82) is 0 Å². The number of rotatable bonds is 3. The summed E-state index contributed by atoms with van der Waals surface area (Å²) < 4.78 is 1.25. The number of thiophene rings is 1. The third-order valence-corrected chi connectivity index (χ3v) is 5.83. The highest BCUT2D eigenvalue weighted by molar-refractivity contribution is 7.19. The SMILES string of the molecule is CC1CCN(Cc2sc3ccccc3c2Cl)C1CO. The summed E-state index contributed by atoms with van der Waals surface area (Å²) in [6.45, 7) is 4.36. The molecular formula is C15H18ClNOS. The molecule has 19 heavy (non-hydrogen) atoms. The smallest absolute Gasteiger partial charge is 0.0637 e. The van der Waals surface area contributed by atoms with E-state index in [2.05, 4.69) is 24.0 Å². The van der Waals surface area contributed by atoms with Gasteiger partial charge < -0.3 is 5.11 Å². The topological polar surface area (TPSA) is 23.5 Å². The monoisotopic (exact) mass is 295 g/mol. The fraction of sp³-hybridized carbons (Fsp3) is 0.467. The molecule has 2 aromatic rings. The molecule has 0 bridgehead atoms. The van der Waals surface area contributed by atoms with Gasteiger partial charge in [0.05, 0.1) is 11.6 Å². The Morgan fingerprint density at radius 3 is 2.95 bits per heavy atom. The number of hydrogen-bond acceptors (Lipinski definition) is 3. The van der Waals surface area contributed by atoms with Gasteiger partial charge in [-0.1, -0.05) is 36.7 Å². The van der Waals surface area contributed by atoms with Gasteiger partial charge in [0, 0.05) is 27.5 Å². The molecule has 3 rings (SSSR count). The summed E-state index contributed by atoms with van der Waals surface area (Å²) in [5.74, 6) is 0.568. The average molecular weight is 296 g/mol. The summed E-state index contributed by atoms with van der Waals surface area (Å²) in [6, 6.07) is 8.55. The molecule has 0 aliphatic carbocycles. The van der Waals surface area contributed by atoms with E-state index in [-0.39, 0.29) is 12.6 Å². The van der Waals surface area contributed by atoms with Crippen molar-refractivity contribution < 1.29 is 5.11 Å². The largest absolute Gasteiger partial charge is 0.395 e. The van der Waals surface area contributed by atoms with Crippen LogP contribution in [0.5, 0.6) is 0 Å². The maximum absolute atomic E-state index is 9.52. The predicted molar refractivity (Wildman–Crippen MR) is 81.9 cm³/mol. The number of nitrogens with zero attached hydrogens (tertiary/aromatic N) is 1. The number of fused-ring (bicyclic) bond motifs is 1. The molecule has 102 valence electrons. The van der Waals surface area contributed by atoms with Crippen LogP contribution in [-0.2, 0) is 6.54 Å². The summed E-state index contributed by atoms with van der Waals surface area (Å²) in [5, 5.41) is 11.6. The Hall–Kier alpha value is -0.610. The summed E-state index contributed by atoms with van der Waals surface area (Å²) in [5.41, 5.74) is 0. The summed E-state index contributed by atoms with van der Waals surface area (Å²) >= 11 is 8.25. The molecule has 0 amide bonds. The maximum Gasteiger partial charge on any atom is 0.0637 e. The predicted octanol–water partition coefficient (Wildman–Crippen LogP) is 3.76. The maximum atomic E-state index is 9.52. The molecule has 4 heteroatoms. The Bertz CT molecular complexity index is 583. The second-order valence-corrected chi connectivity index (χ2v) is 6.84. The summed E-state index contributed by atoms with van der Waals surface area (Å²) in [4.78, 5) is 3.58. The van der Waals surface area contributed by atoms with Crippen molar-refractivity contribution in [3.8, 4) is 0 Å². The minimum absolute atomic E-state index is 0.240. The lowest BCUT2D eigenvalue weighted by Gasteiger charge is -2.24. The fourth-order valence-electron chi connectivity index (χ4n) is 2.93. The van der Waals surface area contributed by atoms with Gasteiger partial charge >= 0.3 is 0 Å². The highest BCUT2D eigenvalue weighted by atomic mass is 35.5.